The van der Waals surface area contributed by atoms with Gasteiger partial charge in [0, 0.05) is 18.3 Å². The Balaban J connectivity index is 1.87. The summed E-state index contributed by atoms with van der Waals surface area (Å²) in [6, 6.07) is 0. The molecule has 4 nitrogen and oxygen atoms in total. The summed E-state index contributed by atoms with van der Waals surface area (Å²) in [4.78, 5) is 11.3. The first-order chi connectivity index (χ1) is 10.7. The van der Waals surface area contributed by atoms with Crippen molar-refractivity contribution in [2.45, 2.75) is 70.3 Å². The fourth-order valence-electron chi connectivity index (χ4n) is 4.90. The Bertz CT molecular complexity index is 560. The molecular formula is C16H21F3O4. The van der Waals surface area contributed by atoms with Crippen LogP contribution in [0.1, 0.15) is 46.5 Å². The van der Waals surface area contributed by atoms with Gasteiger partial charge < -0.3 is 9.47 Å². The molecule has 4 fully saturated rings. The zero-order chi connectivity index (χ0) is 16.6. The Labute approximate surface area is 132 Å². The highest BCUT2D eigenvalue weighted by Gasteiger charge is 2.69. The first-order valence-corrected chi connectivity index (χ1v) is 8.17. The molecular weight excluding hydrogens is 313 g/mol. The van der Waals surface area contributed by atoms with Gasteiger partial charge in [0.05, 0.1) is 0 Å². The van der Waals surface area contributed by atoms with E-state index in [-0.39, 0.29) is 11.5 Å². The van der Waals surface area contributed by atoms with Crippen molar-refractivity contribution in [3.8, 4) is 0 Å². The highest BCUT2D eigenvalue weighted by molar-refractivity contribution is 5.26. The second-order valence-corrected chi connectivity index (χ2v) is 7.48. The van der Waals surface area contributed by atoms with Gasteiger partial charge in [-0.25, -0.2) is 9.78 Å². The average molecular weight is 334 g/mol. The molecule has 7 heteroatoms. The van der Waals surface area contributed by atoms with Gasteiger partial charge in [-0.05, 0) is 44.6 Å². The summed E-state index contributed by atoms with van der Waals surface area (Å²) in [5, 5.41) is 0. The number of ether oxygens (including phenoxy) is 2. The summed E-state index contributed by atoms with van der Waals surface area (Å²) >= 11 is 0. The summed E-state index contributed by atoms with van der Waals surface area (Å²) < 4.78 is 51.3. The van der Waals surface area contributed by atoms with E-state index in [0.29, 0.717) is 18.8 Å². The topological polar surface area (TPSA) is 36.9 Å². The molecule has 4 heterocycles. The van der Waals surface area contributed by atoms with Gasteiger partial charge in [-0.15, -0.1) is 0 Å². The van der Waals surface area contributed by atoms with Crippen molar-refractivity contribution in [2.75, 3.05) is 0 Å². The van der Waals surface area contributed by atoms with Crippen LogP contribution in [0.25, 0.3) is 0 Å². The minimum absolute atomic E-state index is 0.0558. The maximum atomic E-state index is 13.4. The van der Waals surface area contributed by atoms with Crippen molar-refractivity contribution in [3.63, 3.8) is 0 Å². The van der Waals surface area contributed by atoms with Gasteiger partial charge in [0.1, 0.15) is 0 Å². The molecule has 1 aliphatic carbocycles. The number of alkyl halides is 3. The molecule has 1 unspecified atom stereocenters. The van der Waals surface area contributed by atoms with E-state index >= 15 is 0 Å². The van der Waals surface area contributed by atoms with Crippen LogP contribution >= 0.6 is 0 Å². The van der Waals surface area contributed by atoms with E-state index in [2.05, 4.69) is 6.92 Å². The average Bonchev–Trinajstić information content (AvgIpc) is 2.68. The molecule has 0 aromatic carbocycles. The second-order valence-electron chi connectivity index (χ2n) is 7.48. The van der Waals surface area contributed by atoms with Gasteiger partial charge >= 0.3 is 6.18 Å². The van der Waals surface area contributed by atoms with Gasteiger partial charge in [0.25, 0.3) is 0 Å². The van der Waals surface area contributed by atoms with Crippen molar-refractivity contribution in [2.24, 2.45) is 17.8 Å². The molecule has 23 heavy (non-hydrogen) atoms. The van der Waals surface area contributed by atoms with E-state index < -0.39 is 35.5 Å². The Morgan fingerprint density at radius 2 is 1.87 bits per heavy atom. The molecule has 130 valence electrons. The third-order valence-electron chi connectivity index (χ3n) is 6.08. The minimum atomic E-state index is -4.53. The van der Waals surface area contributed by atoms with Crippen LogP contribution in [-0.4, -0.2) is 23.9 Å². The third-order valence-corrected chi connectivity index (χ3v) is 6.08. The van der Waals surface area contributed by atoms with E-state index in [1.807, 2.05) is 0 Å². The molecule has 1 spiro atoms. The minimum Gasteiger partial charge on any atom is -0.456 e. The van der Waals surface area contributed by atoms with Crippen LogP contribution in [0.2, 0.25) is 0 Å². The standard InChI is InChI=1S/C16H21F3O4/c1-8-4-5-11-9(2)12(16(17,18)19)20-13-15(11)10(8)6-7-14(3,21-13)22-23-15/h8,10-11,13H,4-7H2,1-3H3/t8-,10?,11+,13-,14-,15-/m1/s1. The molecule has 5 aliphatic rings. The maximum absolute atomic E-state index is 13.4. The molecule has 0 N–H and O–H groups in total. The molecule has 2 bridgehead atoms. The molecule has 0 radical (unpaired) electrons. The largest absolute Gasteiger partial charge is 0.456 e. The Kier molecular flexibility index (Phi) is 3.17. The Hall–Kier alpha value is -0.790. The van der Waals surface area contributed by atoms with Crippen molar-refractivity contribution in [3.05, 3.63) is 11.3 Å². The molecule has 1 saturated carbocycles. The zero-order valence-electron chi connectivity index (χ0n) is 13.4. The Morgan fingerprint density at radius 3 is 2.57 bits per heavy atom. The smallest absolute Gasteiger partial charge is 0.448 e. The van der Waals surface area contributed by atoms with Crippen molar-refractivity contribution in [1.29, 1.82) is 0 Å². The lowest BCUT2D eigenvalue weighted by Gasteiger charge is -2.57. The number of halogens is 3. The summed E-state index contributed by atoms with van der Waals surface area (Å²) in [6.07, 6.45) is -2.75. The molecule has 3 saturated heterocycles. The van der Waals surface area contributed by atoms with Crippen LogP contribution in [0.4, 0.5) is 13.2 Å². The highest BCUT2D eigenvalue weighted by atomic mass is 19.4. The molecule has 6 atom stereocenters. The lowest BCUT2D eigenvalue weighted by Crippen LogP contribution is -2.67. The summed E-state index contributed by atoms with van der Waals surface area (Å²) in [6.45, 7) is 5.31. The van der Waals surface area contributed by atoms with Gasteiger partial charge in [-0.2, -0.15) is 13.2 Å². The predicted octanol–water partition coefficient (Wildman–Crippen LogP) is 4.07. The van der Waals surface area contributed by atoms with Crippen molar-refractivity contribution >= 4 is 0 Å². The molecule has 5 rings (SSSR count). The van der Waals surface area contributed by atoms with Gasteiger partial charge in [-0.3, -0.25) is 0 Å². The molecule has 0 aromatic rings. The quantitative estimate of drug-likeness (QED) is 0.626. The fourth-order valence-corrected chi connectivity index (χ4v) is 4.90. The van der Waals surface area contributed by atoms with E-state index in [1.54, 1.807) is 6.92 Å². The van der Waals surface area contributed by atoms with Crippen LogP contribution < -0.4 is 0 Å². The first kappa shape index (κ1) is 15.7. The van der Waals surface area contributed by atoms with E-state index in [4.69, 9.17) is 19.2 Å². The first-order valence-electron chi connectivity index (χ1n) is 8.17. The lowest BCUT2D eigenvalue weighted by molar-refractivity contribution is -0.557. The predicted molar refractivity (Wildman–Crippen MR) is 72.6 cm³/mol. The van der Waals surface area contributed by atoms with Crippen LogP contribution in [0.3, 0.4) is 0 Å². The Morgan fingerprint density at radius 1 is 1.13 bits per heavy atom. The maximum Gasteiger partial charge on any atom is 0.448 e. The van der Waals surface area contributed by atoms with Crippen LogP contribution in [-0.2, 0) is 19.2 Å². The van der Waals surface area contributed by atoms with Gasteiger partial charge in [0.15, 0.2) is 5.60 Å². The zero-order valence-corrected chi connectivity index (χ0v) is 13.4. The summed E-state index contributed by atoms with van der Waals surface area (Å²) in [7, 11) is 0. The number of hydrogen-bond acceptors (Lipinski definition) is 4. The normalized spacial score (nSPS) is 49.5. The van der Waals surface area contributed by atoms with E-state index in [1.165, 1.54) is 6.92 Å². The summed E-state index contributed by atoms with van der Waals surface area (Å²) in [5.41, 5.74) is -0.782. The van der Waals surface area contributed by atoms with E-state index in [0.717, 1.165) is 12.8 Å². The molecule has 4 aliphatic heterocycles. The lowest BCUT2D eigenvalue weighted by atomic mass is 9.59. The molecule has 0 aromatic heterocycles. The van der Waals surface area contributed by atoms with Crippen LogP contribution in [0.15, 0.2) is 11.3 Å². The highest BCUT2D eigenvalue weighted by Crippen LogP contribution is 2.61. The van der Waals surface area contributed by atoms with Crippen LogP contribution in [0.5, 0.6) is 0 Å². The monoisotopic (exact) mass is 334 g/mol. The van der Waals surface area contributed by atoms with Gasteiger partial charge in [-0.1, -0.05) is 6.92 Å². The fraction of sp³-hybridized carbons (Fsp3) is 0.875. The number of fused-ring (bicyclic) bond motifs is 2. The van der Waals surface area contributed by atoms with Gasteiger partial charge in [0.2, 0.25) is 17.8 Å². The summed E-state index contributed by atoms with van der Waals surface area (Å²) in [5.74, 6) is -2.00. The van der Waals surface area contributed by atoms with Crippen molar-refractivity contribution < 1.29 is 32.4 Å². The number of allylic oxidation sites excluding steroid dienone is 1. The number of rotatable bonds is 0. The number of hydrogen-bond donors (Lipinski definition) is 0. The third kappa shape index (κ3) is 2.02. The van der Waals surface area contributed by atoms with Crippen LogP contribution in [0, 0.1) is 17.8 Å². The van der Waals surface area contributed by atoms with Crippen molar-refractivity contribution in [1.82, 2.24) is 0 Å². The van der Waals surface area contributed by atoms with E-state index in [9.17, 15) is 13.2 Å². The SMILES string of the molecule is CC1=C(C(F)(F)F)O[C@@H]2O[C@@]3(C)CCC4[C@H](C)CC[C@@H]1[C@]42OO3. The second kappa shape index (κ2) is 4.64. The molecule has 0 amide bonds.